The molecule has 2 nitrogen and oxygen atoms in total. The molecule has 1 heterocycles. The summed E-state index contributed by atoms with van der Waals surface area (Å²) in [4.78, 5) is 0. The minimum Gasteiger partial charge on any atom is -0.378 e. The standard InChI is InChI=1S/C8H16FNO.ClH/c9-3-5-11-7-8-2-1-4-10-6-8;/h8,10H,1-7H2;1H. The molecule has 0 aromatic carbocycles. The van der Waals surface area contributed by atoms with Crippen molar-refractivity contribution in [1.82, 2.24) is 5.32 Å². The molecule has 4 heteroatoms. The SMILES string of the molecule is Cl.FCCOCC1CCCNC1. The molecule has 0 bridgehead atoms. The van der Waals surface area contributed by atoms with Crippen LogP contribution in [0.25, 0.3) is 0 Å². The Morgan fingerprint density at radius 2 is 2.33 bits per heavy atom. The van der Waals surface area contributed by atoms with Gasteiger partial charge in [-0.3, -0.25) is 0 Å². The summed E-state index contributed by atoms with van der Waals surface area (Å²) in [7, 11) is 0. The quantitative estimate of drug-likeness (QED) is 0.688. The van der Waals surface area contributed by atoms with Crippen LogP contribution in [0.2, 0.25) is 0 Å². The van der Waals surface area contributed by atoms with Gasteiger partial charge in [0, 0.05) is 6.54 Å². The van der Waals surface area contributed by atoms with Crippen molar-refractivity contribution in [3.63, 3.8) is 0 Å². The van der Waals surface area contributed by atoms with E-state index in [0.29, 0.717) is 5.92 Å². The Morgan fingerprint density at radius 3 is 2.92 bits per heavy atom. The smallest absolute Gasteiger partial charge is 0.113 e. The van der Waals surface area contributed by atoms with Gasteiger partial charge in [-0.25, -0.2) is 4.39 Å². The summed E-state index contributed by atoms with van der Waals surface area (Å²) < 4.78 is 16.7. The number of nitrogens with one attached hydrogen (secondary N) is 1. The van der Waals surface area contributed by atoms with Gasteiger partial charge in [0.05, 0.1) is 13.2 Å². The van der Waals surface area contributed by atoms with Gasteiger partial charge in [0.2, 0.25) is 0 Å². The molecule has 1 aliphatic heterocycles. The van der Waals surface area contributed by atoms with Crippen LogP contribution in [0.3, 0.4) is 0 Å². The summed E-state index contributed by atoms with van der Waals surface area (Å²) in [6.07, 6.45) is 2.45. The lowest BCUT2D eigenvalue weighted by Gasteiger charge is -2.22. The minimum atomic E-state index is -0.361. The maximum atomic E-state index is 11.6. The third kappa shape index (κ3) is 4.91. The van der Waals surface area contributed by atoms with Gasteiger partial charge in [0.25, 0.3) is 0 Å². The third-order valence-electron chi connectivity index (χ3n) is 1.97. The second-order valence-electron chi connectivity index (χ2n) is 2.98. The maximum Gasteiger partial charge on any atom is 0.113 e. The second kappa shape index (κ2) is 7.77. The Morgan fingerprint density at radius 1 is 1.50 bits per heavy atom. The van der Waals surface area contributed by atoms with Crippen molar-refractivity contribution in [3.8, 4) is 0 Å². The Balaban J connectivity index is 0.00000121. The molecule has 1 unspecified atom stereocenters. The van der Waals surface area contributed by atoms with Crippen molar-refractivity contribution >= 4 is 12.4 Å². The lowest BCUT2D eigenvalue weighted by atomic mass is 10.0. The first-order valence-electron chi connectivity index (χ1n) is 4.28. The van der Waals surface area contributed by atoms with E-state index in [9.17, 15) is 4.39 Å². The number of hydrogen-bond acceptors (Lipinski definition) is 2. The molecule has 0 saturated carbocycles. The topological polar surface area (TPSA) is 21.3 Å². The van der Waals surface area contributed by atoms with Crippen molar-refractivity contribution in [3.05, 3.63) is 0 Å². The van der Waals surface area contributed by atoms with Gasteiger partial charge in [-0.05, 0) is 25.3 Å². The summed E-state index contributed by atoms with van der Waals surface area (Å²) in [5, 5.41) is 3.29. The fourth-order valence-corrected chi connectivity index (χ4v) is 1.37. The van der Waals surface area contributed by atoms with E-state index in [1.807, 2.05) is 0 Å². The molecular weight excluding hydrogens is 181 g/mol. The van der Waals surface area contributed by atoms with Crippen LogP contribution in [0, 0.1) is 5.92 Å². The molecule has 0 radical (unpaired) electrons. The predicted octanol–water partition coefficient (Wildman–Crippen LogP) is 1.39. The average molecular weight is 198 g/mol. The predicted molar refractivity (Wildman–Crippen MR) is 49.6 cm³/mol. The van der Waals surface area contributed by atoms with Crippen LogP contribution in [0.1, 0.15) is 12.8 Å². The first kappa shape index (κ1) is 12.1. The lowest BCUT2D eigenvalue weighted by Crippen LogP contribution is -2.32. The maximum absolute atomic E-state index is 11.6. The van der Waals surface area contributed by atoms with E-state index in [-0.39, 0.29) is 25.7 Å². The van der Waals surface area contributed by atoms with Crippen LogP contribution in [-0.2, 0) is 4.74 Å². The highest BCUT2D eigenvalue weighted by atomic mass is 35.5. The average Bonchev–Trinajstić information content (AvgIpc) is 2.07. The molecule has 0 aliphatic carbocycles. The number of halogens is 2. The Labute approximate surface area is 79.3 Å². The van der Waals surface area contributed by atoms with E-state index in [1.54, 1.807) is 0 Å². The van der Waals surface area contributed by atoms with Gasteiger partial charge in [-0.1, -0.05) is 0 Å². The number of rotatable bonds is 4. The monoisotopic (exact) mass is 197 g/mol. The molecule has 0 amide bonds. The number of alkyl halides is 1. The number of piperidine rings is 1. The fraction of sp³-hybridized carbons (Fsp3) is 1.00. The van der Waals surface area contributed by atoms with Crippen LogP contribution < -0.4 is 5.32 Å². The van der Waals surface area contributed by atoms with Gasteiger partial charge < -0.3 is 10.1 Å². The largest absolute Gasteiger partial charge is 0.378 e. The number of hydrogen-bond donors (Lipinski definition) is 1. The Hall–Kier alpha value is 0.140. The normalized spacial score (nSPS) is 23.2. The molecule has 0 aromatic heterocycles. The van der Waals surface area contributed by atoms with E-state index in [0.717, 1.165) is 19.7 Å². The zero-order valence-corrected chi connectivity index (χ0v) is 8.04. The third-order valence-corrected chi connectivity index (χ3v) is 1.97. The molecular formula is C8H17ClFNO. The van der Waals surface area contributed by atoms with Crippen molar-refractivity contribution < 1.29 is 9.13 Å². The summed E-state index contributed by atoms with van der Waals surface area (Å²) >= 11 is 0. The molecule has 0 aromatic rings. The minimum absolute atomic E-state index is 0. The molecule has 74 valence electrons. The van der Waals surface area contributed by atoms with E-state index in [4.69, 9.17) is 4.74 Å². The summed E-state index contributed by atoms with van der Waals surface area (Å²) in [6.45, 7) is 2.78. The van der Waals surface area contributed by atoms with Crippen molar-refractivity contribution in [2.24, 2.45) is 5.92 Å². The molecule has 1 atom stereocenters. The molecule has 1 rings (SSSR count). The fourth-order valence-electron chi connectivity index (χ4n) is 1.37. The van der Waals surface area contributed by atoms with Crippen molar-refractivity contribution in [1.29, 1.82) is 0 Å². The van der Waals surface area contributed by atoms with Gasteiger partial charge in [-0.15, -0.1) is 12.4 Å². The Kier molecular flexibility index (Phi) is 7.86. The van der Waals surface area contributed by atoms with Gasteiger partial charge >= 0.3 is 0 Å². The molecule has 1 saturated heterocycles. The lowest BCUT2D eigenvalue weighted by molar-refractivity contribution is 0.0798. The first-order chi connectivity index (χ1) is 5.43. The highest BCUT2D eigenvalue weighted by Gasteiger charge is 2.12. The van der Waals surface area contributed by atoms with Crippen molar-refractivity contribution in [2.45, 2.75) is 12.8 Å². The second-order valence-corrected chi connectivity index (χ2v) is 2.98. The van der Waals surface area contributed by atoms with Gasteiger partial charge in [0.15, 0.2) is 0 Å². The van der Waals surface area contributed by atoms with E-state index < -0.39 is 0 Å². The molecule has 12 heavy (non-hydrogen) atoms. The molecule has 1 aliphatic rings. The van der Waals surface area contributed by atoms with Crippen LogP contribution in [0.15, 0.2) is 0 Å². The van der Waals surface area contributed by atoms with Crippen LogP contribution in [0.5, 0.6) is 0 Å². The molecule has 0 spiro atoms. The first-order valence-corrected chi connectivity index (χ1v) is 4.28. The van der Waals surface area contributed by atoms with Crippen LogP contribution in [-0.4, -0.2) is 33.0 Å². The van der Waals surface area contributed by atoms with Crippen LogP contribution in [0.4, 0.5) is 4.39 Å². The van der Waals surface area contributed by atoms with Gasteiger partial charge in [0.1, 0.15) is 6.67 Å². The zero-order valence-electron chi connectivity index (χ0n) is 7.22. The van der Waals surface area contributed by atoms with E-state index in [1.165, 1.54) is 12.8 Å². The van der Waals surface area contributed by atoms with Crippen LogP contribution >= 0.6 is 12.4 Å². The summed E-state index contributed by atoms with van der Waals surface area (Å²) in [6, 6.07) is 0. The Bertz CT molecular complexity index is 99.1. The molecule has 1 N–H and O–H groups in total. The zero-order chi connectivity index (χ0) is 7.94. The van der Waals surface area contributed by atoms with Gasteiger partial charge in [-0.2, -0.15) is 0 Å². The van der Waals surface area contributed by atoms with E-state index in [2.05, 4.69) is 5.32 Å². The summed E-state index contributed by atoms with van der Waals surface area (Å²) in [5.41, 5.74) is 0. The molecule has 1 fully saturated rings. The van der Waals surface area contributed by atoms with E-state index >= 15 is 0 Å². The highest BCUT2D eigenvalue weighted by molar-refractivity contribution is 5.85. The number of ether oxygens (including phenoxy) is 1. The summed E-state index contributed by atoms with van der Waals surface area (Å²) in [5.74, 6) is 0.607. The van der Waals surface area contributed by atoms with Crippen molar-refractivity contribution in [2.75, 3.05) is 33.0 Å². The highest BCUT2D eigenvalue weighted by Crippen LogP contribution is 2.09.